The highest BCUT2D eigenvalue weighted by molar-refractivity contribution is 5.59. The van der Waals surface area contributed by atoms with Crippen LogP contribution in [0.5, 0.6) is 0 Å². The molecule has 0 N–H and O–H groups in total. The van der Waals surface area contributed by atoms with Crippen LogP contribution in [0.25, 0.3) is 0 Å². The number of unbranched alkanes of at least 4 members (excludes halogenated alkanes) is 13. The quantitative estimate of drug-likeness (QED) is 0.0886. The molecule has 0 aliphatic carbocycles. The van der Waals surface area contributed by atoms with Crippen LogP contribution in [0, 0.1) is 0 Å². The molecular weight excluding hydrogens is 396 g/mol. The zero-order chi connectivity index (χ0) is 23.4. The molecule has 0 spiro atoms. The fraction of sp³-hybridized carbons (Fsp3) is 0.759. The first-order chi connectivity index (χ1) is 15.8. The summed E-state index contributed by atoms with van der Waals surface area (Å²) in [6, 6.07) is 0. The Bertz CT molecular complexity index is 465. The third-order valence-electron chi connectivity index (χ3n) is 5.48. The van der Waals surface area contributed by atoms with Gasteiger partial charge < -0.3 is 9.47 Å². The van der Waals surface area contributed by atoms with Crippen LogP contribution >= 0.6 is 0 Å². The topological polar surface area (TPSA) is 35.5 Å². The molecule has 0 aliphatic rings. The number of carbonyl (C=O) groups is 1. The molecule has 3 nitrogen and oxygen atoms in total. The third kappa shape index (κ3) is 26.5. The zero-order valence-corrected chi connectivity index (χ0v) is 21.3. The highest BCUT2D eigenvalue weighted by Gasteiger charge is 2.03. The first-order valence-corrected chi connectivity index (χ1v) is 13.6. The minimum absolute atomic E-state index is 0.487. The highest BCUT2D eigenvalue weighted by atomic mass is 16.7. The fourth-order valence-electron chi connectivity index (χ4n) is 3.49. The third-order valence-corrected chi connectivity index (χ3v) is 5.48. The molecule has 0 aromatic rings. The van der Waals surface area contributed by atoms with E-state index in [2.05, 4.69) is 50.3 Å². The average molecular weight is 449 g/mol. The lowest BCUT2D eigenvalue weighted by Crippen LogP contribution is -2.09. The van der Waals surface area contributed by atoms with Gasteiger partial charge in [-0.25, -0.2) is 4.79 Å². The van der Waals surface area contributed by atoms with Crippen LogP contribution in [0.4, 0.5) is 4.79 Å². The Labute approximate surface area is 199 Å². The molecule has 0 rings (SSSR count). The van der Waals surface area contributed by atoms with Gasteiger partial charge >= 0.3 is 6.16 Å². The van der Waals surface area contributed by atoms with Gasteiger partial charge in [0.25, 0.3) is 0 Å². The first kappa shape index (κ1) is 30.5. The van der Waals surface area contributed by atoms with Crippen molar-refractivity contribution in [3.63, 3.8) is 0 Å². The fourth-order valence-corrected chi connectivity index (χ4v) is 3.49. The van der Waals surface area contributed by atoms with Crippen molar-refractivity contribution in [1.82, 2.24) is 0 Å². The molecule has 0 radical (unpaired) electrons. The van der Waals surface area contributed by atoms with E-state index in [-0.39, 0.29) is 0 Å². The number of ether oxygens (including phenoxy) is 2. The van der Waals surface area contributed by atoms with Crippen LogP contribution in [0.15, 0.2) is 36.5 Å². The highest BCUT2D eigenvalue weighted by Crippen LogP contribution is 2.10. The van der Waals surface area contributed by atoms with E-state index in [9.17, 15) is 4.79 Å². The van der Waals surface area contributed by atoms with E-state index < -0.39 is 6.16 Å². The second-order valence-corrected chi connectivity index (χ2v) is 8.63. The number of carbonyl (C=O) groups excluding carboxylic acids is 1. The maximum Gasteiger partial charge on any atom is 0.508 e. The minimum atomic E-state index is -0.494. The largest absolute Gasteiger partial charge is 0.508 e. The molecule has 0 atom stereocenters. The summed E-state index contributed by atoms with van der Waals surface area (Å²) < 4.78 is 10.3. The van der Waals surface area contributed by atoms with Gasteiger partial charge in [-0.1, -0.05) is 121 Å². The molecule has 0 aromatic heterocycles. The second kappa shape index (κ2) is 27.5. The van der Waals surface area contributed by atoms with E-state index in [1.807, 2.05) is 0 Å². The van der Waals surface area contributed by atoms with Crippen molar-refractivity contribution in [2.24, 2.45) is 0 Å². The van der Waals surface area contributed by atoms with E-state index in [1.165, 1.54) is 70.6 Å². The smallest absolute Gasteiger partial charge is 0.434 e. The van der Waals surface area contributed by atoms with Crippen molar-refractivity contribution in [1.29, 1.82) is 0 Å². The second-order valence-electron chi connectivity index (χ2n) is 8.63. The normalized spacial score (nSPS) is 11.8. The van der Waals surface area contributed by atoms with E-state index in [1.54, 1.807) is 0 Å². The van der Waals surface area contributed by atoms with Gasteiger partial charge in [0, 0.05) is 0 Å². The lowest BCUT2D eigenvalue weighted by molar-refractivity contribution is 0.0529. The van der Waals surface area contributed by atoms with Crippen molar-refractivity contribution in [2.45, 2.75) is 129 Å². The summed E-state index contributed by atoms with van der Waals surface area (Å²) in [5.74, 6) is 0. The van der Waals surface area contributed by atoms with Crippen molar-refractivity contribution < 1.29 is 14.3 Å². The molecule has 0 aliphatic heterocycles. The monoisotopic (exact) mass is 448 g/mol. The van der Waals surface area contributed by atoms with Crippen LogP contribution < -0.4 is 0 Å². The molecule has 3 heteroatoms. The Morgan fingerprint density at radius 1 is 0.531 bits per heavy atom. The average Bonchev–Trinajstić information content (AvgIpc) is 2.80. The molecule has 186 valence electrons. The Morgan fingerprint density at radius 2 is 0.969 bits per heavy atom. The van der Waals surface area contributed by atoms with Gasteiger partial charge in [0.2, 0.25) is 0 Å². The maximum absolute atomic E-state index is 11.6. The molecule has 0 bridgehead atoms. The Kier molecular flexibility index (Phi) is 26.2. The molecule has 0 saturated heterocycles. The Balaban J connectivity index is 3.25. The van der Waals surface area contributed by atoms with Crippen LogP contribution in [0.2, 0.25) is 0 Å². The number of hydrogen-bond donors (Lipinski definition) is 0. The van der Waals surface area contributed by atoms with Crippen LogP contribution in [0.3, 0.4) is 0 Å². The van der Waals surface area contributed by atoms with E-state index in [4.69, 9.17) is 9.47 Å². The van der Waals surface area contributed by atoms with Gasteiger partial charge in [-0.2, -0.15) is 0 Å². The number of allylic oxidation sites excluding steroid dienone is 6. The molecule has 0 aromatic carbocycles. The predicted octanol–water partition coefficient (Wildman–Crippen LogP) is 9.87. The van der Waals surface area contributed by atoms with E-state index in [0.29, 0.717) is 13.2 Å². The Hall–Kier alpha value is -1.51. The van der Waals surface area contributed by atoms with Gasteiger partial charge in [0.1, 0.15) is 0 Å². The van der Waals surface area contributed by atoms with E-state index >= 15 is 0 Å². The maximum atomic E-state index is 11.6. The number of hydrogen-bond acceptors (Lipinski definition) is 3. The number of rotatable bonds is 23. The molecule has 0 amide bonds. The van der Waals surface area contributed by atoms with Crippen LogP contribution in [0.1, 0.15) is 129 Å². The van der Waals surface area contributed by atoms with E-state index in [0.717, 1.165) is 44.9 Å². The van der Waals surface area contributed by atoms with Crippen molar-refractivity contribution in [3.05, 3.63) is 36.5 Å². The summed E-state index contributed by atoms with van der Waals surface area (Å²) in [6.45, 7) is 5.39. The molecular formula is C29H52O3. The summed E-state index contributed by atoms with van der Waals surface area (Å²) in [5.41, 5.74) is 0. The molecule has 0 saturated carbocycles. The summed E-state index contributed by atoms with van der Waals surface area (Å²) >= 11 is 0. The molecule has 0 unspecified atom stereocenters. The standard InChI is InChI=1S/C29H52O3/c1-3-5-7-9-11-13-14-15-16-17-18-19-20-22-24-26-28-32-29(30)31-27-25-23-21-12-10-8-6-4-2/h5,7,11,13,15-16H,3-4,6,8-10,12,14,17-28H2,1-2H3/b7-5-,13-11-,16-15-. The van der Waals surface area contributed by atoms with Crippen molar-refractivity contribution in [3.8, 4) is 0 Å². The first-order valence-electron chi connectivity index (χ1n) is 13.6. The summed E-state index contributed by atoms with van der Waals surface area (Å²) in [5, 5.41) is 0. The summed E-state index contributed by atoms with van der Waals surface area (Å²) in [4.78, 5) is 11.6. The van der Waals surface area contributed by atoms with Crippen LogP contribution in [-0.4, -0.2) is 19.4 Å². The Morgan fingerprint density at radius 3 is 1.50 bits per heavy atom. The van der Waals surface area contributed by atoms with Crippen LogP contribution in [-0.2, 0) is 9.47 Å². The lowest BCUT2D eigenvalue weighted by atomic mass is 10.1. The van der Waals surface area contributed by atoms with Gasteiger partial charge in [-0.3, -0.25) is 0 Å². The van der Waals surface area contributed by atoms with Gasteiger partial charge in [0.15, 0.2) is 0 Å². The lowest BCUT2D eigenvalue weighted by Gasteiger charge is -2.06. The predicted molar refractivity (Wildman–Crippen MR) is 139 cm³/mol. The van der Waals surface area contributed by atoms with Gasteiger partial charge in [-0.15, -0.1) is 0 Å². The zero-order valence-electron chi connectivity index (χ0n) is 21.3. The van der Waals surface area contributed by atoms with Gasteiger partial charge in [0.05, 0.1) is 13.2 Å². The summed E-state index contributed by atoms with van der Waals surface area (Å²) in [6.07, 6.45) is 34.4. The summed E-state index contributed by atoms with van der Waals surface area (Å²) in [7, 11) is 0. The van der Waals surface area contributed by atoms with Crippen molar-refractivity contribution in [2.75, 3.05) is 13.2 Å². The molecule has 0 heterocycles. The molecule has 0 fully saturated rings. The minimum Gasteiger partial charge on any atom is -0.434 e. The molecule has 32 heavy (non-hydrogen) atoms. The SMILES string of the molecule is CC/C=C\C/C=C\C/C=C\CCCCCCCCOC(=O)OCCCCCCCCCC. The van der Waals surface area contributed by atoms with Crippen molar-refractivity contribution >= 4 is 6.16 Å². The van der Waals surface area contributed by atoms with Gasteiger partial charge in [-0.05, 0) is 44.9 Å².